The van der Waals surface area contributed by atoms with Crippen molar-refractivity contribution in [3.05, 3.63) is 60.7 Å². The Morgan fingerprint density at radius 1 is 1.08 bits per heavy atom. The number of ether oxygens (including phenoxy) is 2. The largest absolute Gasteiger partial charge is 0.444 e. The number of carbonyl (C=O) groups excluding carboxylic acids is 1. The number of hydrogen-bond donors (Lipinski definition) is 2. The molecule has 4 rings (SSSR count). The summed E-state index contributed by atoms with van der Waals surface area (Å²) in [4.78, 5) is 26.3. The Kier molecular flexibility index (Phi) is 8.36. The standard InChI is InChI=1S/C29H38N6O3Si/c1-20-31-26(33-22-11-9-8-10-12-22)25-23(18-35(27(25)32-20)19-37-15-16-39(5,6)7)21-13-14-30-24(17-21)34-28(36)38-29(2,3)4/h8-14,17-18H,15-16,19H2,1-7H3,(H,30,34,36)(H,31,32,33). The molecule has 3 aromatic heterocycles. The zero-order valence-electron chi connectivity index (χ0n) is 23.8. The van der Waals surface area contributed by atoms with Crippen LogP contribution in [-0.2, 0) is 16.2 Å². The van der Waals surface area contributed by atoms with E-state index < -0.39 is 19.8 Å². The van der Waals surface area contributed by atoms with Crippen LogP contribution in [0.25, 0.3) is 22.2 Å². The second-order valence-corrected chi connectivity index (χ2v) is 17.3. The monoisotopic (exact) mass is 546 g/mol. The van der Waals surface area contributed by atoms with E-state index in [1.807, 2.05) is 80.9 Å². The van der Waals surface area contributed by atoms with E-state index in [9.17, 15) is 4.79 Å². The Hall–Kier alpha value is -3.76. The minimum absolute atomic E-state index is 0.371. The molecule has 1 amide bonds. The summed E-state index contributed by atoms with van der Waals surface area (Å²) in [5, 5.41) is 7.06. The molecular weight excluding hydrogens is 508 g/mol. The lowest BCUT2D eigenvalue weighted by molar-refractivity contribution is 0.0635. The van der Waals surface area contributed by atoms with Crippen LogP contribution >= 0.6 is 0 Å². The van der Waals surface area contributed by atoms with E-state index in [-0.39, 0.29) is 0 Å². The zero-order chi connectivity index (χ0) is 28.2. The lowest BCUT2D eigenvalue weighted by Crippen LogP contribution is -2.27. The fraction of sp³-hybridized carbons (Fsp3) is 0.379. The Morgan fingerprint density at radius 3 is 2.51 bits per heavy atom. The third kappa shape index (κ3) is 7.87. The molecule has 2 N–H and O–H groups in total. The number of pyridine rings is 1. The number of nitrogens with zero attached hydrogens (tertiary/aromatic N) is 4. The third-order valence-electron chi connectivity index (χ3n) is 5.79. The molecule has 39 heavy (non-hydrogen) atoms. The Bertz CT molecular complexity index is 1440. The van der Waals surface area contributed by atoms with Crippen LogP contribution in [0.1, 0.15) is 26.6 Å². The fourth-order valence-corrected chi connectivity index (χ4v) is 4.73. The topological polar surface area (TPSA) is 103 Å². The molecule has 0 bridgehead atoms. The van der Waals surface area contributed by atoms with Crippen molar-refractivity contribution >= 4 is 42.5 Å². The maximum Gasteiger partial charge on any atom is 0.413 e. The van der Waals surface area contributed by atoms with Gasteiger partial charge >= 0.3 is 6.09 Å². The number of rotatable bonds is 9. The number of fused-ring (bicyclic) bond motifs is 1. The van der Waals surface area contributed by atoms with Gasteiger partial charge in [0.05, 0.1) is 5.39 Å². The molecule has 0 aliphatic heterocycles. The van der Waals surface area contributed by atoms with Crippen LogP contribution in [0.15, 0.2) is 54.9 Å². The number of anilines is 3. The first-order valence-electron chi connectivity index (χ1n) is 13.1. The number of benzene rings is 1. The van der Waals surface area contributed by atoms with Crippen LogP contribution in [0.5, 0.6) is 0 Å². The molecule has 0 fully saturated rings. The van der Waals surface area contributed by atoms with Gasteiger partial charge in [-0.15, -0.1) is 0 Å². The first-order valence-corrected chi connectivity index (χ1v) is 16.8. The molecule has 9 nitrogen and oxygen atoms in total. The van der Waals surface area contributed by atoms with E-state index in [0.29, 0.717) is 30.8 Å². The Labute approximate surface area is 231 Å². The number of amides is 1. The van der Waals surface area contributed by atoms with Crippen LogP contribution in [0.4, 0.5) is 22.1 Å². The first kappa shape index (κ1) is 28.3. The van der Waals surface area contributed by atoms with Crippen LogP contribution in [0, 0.1) is 6.92 Å². The number of carbonyl (C=O) groups is 1. The smallest absolute Gasteiger partial charge is 0.413 e. The molecule has 3 heterocycles. The van der Waals surface area contributed by atoms with Crippen molar-refractivity contribution in [1.82, 2.24) is 19.5 Å². The number of aryl methyl sites for hydroxylation is 1. The maximum atomic E-state index is 12.4. The van der Waals surface area contributed by atoms with E-state index in [4.69, 9.17) is 19.4 Å². The van der Waals surface area contributed by atoms with Gasteiger partial charge in [-0.2, -0.15) is 0 Å². The van der Waals surface area contributed by atoms with Crippen molar-refractivity contribution in [2.45, 2.75) is 65.7 Å². The second kappa shape index (κ2) is 11.5. The van der Waals surface area contributed by atoms with Crippen molar-refractivity contribution in [3.8, 4) is 11.1 Å². The van der Waals surface area contributed by atoms with Gasteiger partial charge < -0.3 is 19.4 Å². The third-order valence-corrected chi connectivity index (χ3v) is 7.50. The minimum Gasteiger partial charge on any atom is -0.444 e. The van der Waals surface area contributed by atoms with Crippen LogP contribution in [0.3, 0.4) is 0 Å². The highest BCUT2D eigenvalue weighted by Crippen LogP contribution is 2.36. The molecule has 0 unspecified atom stereocenters. The van der Waals surface area contributed by atoms with Crippen molar-refractivity contribution in [2.24, 2.45) is 0 Å². The predicted octanol–water partition coefficient (Wildman–Crippen LogP) is 7.20. The Morgan fingerprint density at radius 2 is 1.82 bits per heavy atom. The summed E-state index contributed by atoms with van der Waals surface area (Å²) in [6.45, 7) is 15.4. The van der Waals surface area contributed by atoms with Crippen molar-refractivity contribution in [2.75, 3.05) is 17.2 Å². The highest BCUT2D eigenvalue weighted by atomic mass is 28.3. The summed E-state index contributed by atoms with van der Waals surface area (Å²) in [5.74, 6) is 1.73. The van der Waals surface area contributed by atoms with Crippen molar-refractivity contribution in [1.29, 1.82) is 0 Å². The highest BCUT2D eigenvalue weighted by Gasteiger charge is 2.20. The summed E-state index contributed by atoms with van der Waals surface area (Å²) in [7, 11) is -1.21. The summed E-state index contributed by atoms with van der Waals surface area (Å²) in [6.07, 6.45) is 3.13. The van der Waals surface area contributed by atoms with E-state index in [1.54, 1.807) is 6.20 Å². The molecule has 0 radical (unpaired) electrons. The van der Waals surface area contributed by atoms with Crippen molar-refractivity contribution in [3.63, 3.8) is 0 Å². The average molecular weight is 547 g/mol. The molecule has 0 spiro atoms. The lowest BCUT2D eigenvalue weighted by Gasteiger charge is -2.19. The highest BCUT2D eigenvalue weighted by molar-refractivity contribution is 6.76. The van der Waals surface area contributed by atoms with Crippen LogP contribution < -0.4 is 10.6 Å². The molecule has 1 aromatic carbocycles. The minimum atomic E-state index is -1.21. The van der Waals surface area contributed by atoms with Gasteiger partial charge in [-0.1, -0.05) is 37.8 Å². The van der Waals surface area contributed by atoms with E-state index >= 15 is 0 Å². The summed E-state index contributed by atoms with van der Waals surface area (Å²) in [5.41, 5.74) is 2.82. The molecular formula is C29H38N6O3Si. The zero-order valence-corrected chi connectivity index (χ0v) is 24.8. The van der Waals surface area contributed by atoms with Gasteiger partial charge in [-0.05, 0) is 63.6 Å². The Balaban J connectivity index is 1.75. The van der Waals surface area contributed by atoms with Gasteiger partial charge in [0, 0.05) is 38.3 Å². The van der Waals surface area contributed by atoms with E-state index in [0.717, 1.165) is 33.9 Å². The molecule has 10 heteroatoms. The first-order chi connectivity index (χ1) is 18.4. The number of hydrogen-bond acceptors (Lipinski definition) is 7. The molecule has 206 valence electrons. The average Bonchev–Trinajstić information content (AvgIpc) is 3.19. The van der Waals surface area contributed by atoms with Gasteiger partial charge in [0.25, 0.3) is 0 Å². The molecule has 0 atom stereocenters. The number of para-hydroxylation sites is 1. The summed E-state index contributed by atoms with van der Waals surface area (Å²) in [6, 6.07) is 14.7. The normalized spacial score (nSPS) is 12.0. The molecule has 4 aromatic rings. The second-order valence-electron chi connectivity index (χ2n) is 11.7. The maximum absolute atomic E-state index is 12.4. The predicted molar refractivity (Wildman–Crippen MR) is 159 cm³/mol. The van der Waals surface area contributed by atoms with Gasteiger partial charge in [-0.25, -0.2) is 19.7 Å². The summed E-state index contributed by atoms with van der Waals surface area (Å²) < 4.78 is 13.5. The SMILES string of the molecule is Cc1nc(Nc2ccccc2)c2c(-c3ccnc(NC(=O)OC(C)(C)C)c3)cn(COCC[Si](C)(C)C)c2n1. The lowest BCUT2D eigenvalue weighted by atomic mass is 10.1. The van der Waals surface area contributed by atoms with E-state index in [1.165, 1.54) is 0 Å². The summed E-state index contributed by atoms with van der Waals surface area (Å²) >= 11 is 0. The molecule has 0 saturated carbocycles. The van der Waals surface area contributed by atoms with Gasteiger partial charge in [0.1, 0.15) is 35.4 Å². The van der Waals surface area contributed by atoms with Crippen LogP contribution in [-0.4, -0.2) is 45.9 Å². The molecule has 0 saturated heterocycles. The van der Waals surface area contributed by atoms with Crippen molar-refractivity contribution < 1.29 is 14.3 Å². The fourth-order valence-electron chi connectivity index (χ4n) is 3.98. The van der Waals surface area contributed by atoms with E-state index in [2.05, 4.69) is 35.3 Å². The number of aromatic nitrogens is 4. The molecule has 0 aliphatic rings. The van der Waals surface area contributed by atoms with Crippen LogP contribution in [0.2, 0.25) is 25.7 Å². The van der Waals surface area contributed by atoms with Gasteiger partial charge in [0.15, 0.2) is 0 Å². The quantitative estimate of drug-likeness (QED) is 0.169. The van der Waals surface area contributed by atoms with Gasteiger partial charge in [-0.3, -0.25) is 5.32 Å². The molecule has 0 aliphatic carbocycles. The van der Waals surface area contributed by atoms with Gasteiger partial charge in [0.2, 0.25) is 0 Å². The number of nitrogens with one attached hydrogen (secondary N) is 2.